The number of halogens is 3. The largest absolute Gasteiger partial charge is 0.416 e. The Morgan fingerprint density at radius 3 is 2.29 bits per heavy atom. The highest BCUT2D eigenvalue weighted by molar-refractivity contribution is 5.63. The first-order valence-corrected chi connectivity index (χ1v) is 4.58. The zero-order valence-electron chi connectivity index (χ0n) is 8.84. The molecule has 0 aromatic heterocycles. The molecule has 0 atom stereocenters. The van der Waals surface area contributed by atoms with Crippen molar-refractivity contribution in [3.63, 3.8) is 0 Å². The summed E-state index contributed by atoms with van der Waals surface area (Å²) in [7, 11) is 0. The third kappa shape index (κ3) is 3.09. The van der Waals surface area contributed by atoms with Crippen LogP contribution in [-0.4, -0.2) is 0 Å². The van der Waals surface area contributed by atoms with E-state index in [4.69, 9.17) is 10.5 Å². The predicted molar refractivity (Wildman–Crippen MR) is 55.4 cm³/mol. The summed E-state index contributed by atoms with van der Waals surface area (Å²) in [6, 6.07) is 6.84. The molecule has 5 heteroatoms. The van der Waals surface area contributed by atoms with Crippen LogP contribution in [0.5, 0.6) is 0 Å². The molecule has 0 radical (unpaired) electrons. The van der Waals surface area contributed by atoms with Crippen molar-refractivity contribution in [2.24, 2.45) is 0 Å². The predicted octanol–water partition coefficient (Wildman–Crippen LogP) is 3.44. The Balaban J connectivity index is 3.30. The number of allylic oxidation sites excluding steroid dienone is 1. The van der Waals surface area contributed by atoms with Crippen molar-refractivity contribution >= 4 is 6.08 Å². The highest BCUT2D eigenvalue weighted by Gasteiger charge is 2.32. The summed E-state index contributed by atoms with van der Waals surface area (Å²) >= 11 is 0. The number of benzene rings is 1. The van der Waals surface area contributed by atoms with E-state index in [1.807, 2.05) is 0 Å². The highest BCUT2D eigenvalue weighted by Crippen LogP contribution is 2.32. The summed E-state index contributed by atoms with van der Waals surface area (Å²) < 4.78 is 37.7. The topological polar surface area (TPSA) is 47.6 Å². The summed E-state index contributed by atoms with van der Waals surface area (Å²) in [6.45, 7) is 1.35. The average Bonchev–Trinajstić information content (AvgIpc) is 2.26. The minimum absolute atomic E-state index is 0.102. The van der Waals surface area contributed by atoms with Crippen molar-refractivity contribution in [3.8, 4) is 12.1 Å². The van der Waals surface area contributed by atoms with Crippen LogP contribution in [-0.2, 0) is 6.18 Å². The lowest BCUT2D eigenvalue weighted by Gasteiger charge is -2.10. The molecule has 1 aromatic carbocycles. The number of hydrogen-bond donors (Lipinski definition) is 0. The molecule has 86 valence electrons. The molecule has 0 amide bonds. The average molecular weight is 236 g/mol. The monoisotopic (exact) mass is 236 g/mol. The van der Waals surface area contributed by atoms with E-state index in [9.17, 15) is 13.2 Å². The van der Waals surface area contributed by atoms with E-state index in [1.165, 1.54) is 19.1 Å². The van der Waals surface area contributed by atoms with Gasteiger partial charge in [-0.2, -0.15) is 23.7 Å². The van der Waals surface area contributed by atoms with E-state index in [1.54, 1.807) is 12.1 Å². The molecule has 0 saturated carbocycles. The van der Waals surface area contributed by atoms with Gasteiger partial charge in [0.1, 0.15) is 17.7 Å². The van der Waals surface area contributed by atoms with Crippen LogP contribution in [0.2, 0.25) is 0 Å². The lowest BCUT2D eigenvalue weighted by molar-refractivity contribution is -0.138. The lowest BCUT2D eigenvalue weighted by Crippen LogP contribution is -2.07. The van der Waals surface area contributed by atoms with Gasteiger partial charge in [0, 0.05) is 0 Å². The maximum Gasteiger partial charge on any atom is 0.416 e. The van der Waals surface area contributed by atoms with Gasteiger partial charge in [0.2, 0.25) is 0 Å². The lowest BCUT2D eigenvalue weighted by atomic mass is 10.0. The molecular weight excluding hydrogens is 229 g/mol. The molecule has 0 bridgehead atoms. The Bertz CT molecular complexity index is 526. The van der Waals surface area contributed by atoms with Crippen molar-refractivity contribution in [1.29, 1.82) is 10.5 Å². The molecule has 2 nitrogen and oxygen atoms in total. The smallest absolute Gasteiger partial charge is 0.192 e. The van der Waals surface area contributed by atoms with Gasteiger partial charge in [-0.05, 0) is 30.2 Å². The number of hydrogen-bond acceptors (Lipinski definition) is 2. The van der Waals surface area contributed by atoms with Crippen molar-refractivity contribution in [1.82, 2.24) is 0 Å². The van der Waals surface area contributed by atoms with Gasteiger partial charge in [-0.15, -0.1) is 0 Å². The quantitative estimate of drug-likeness (QED) is 0.701. The standard InChI is InChI=1S/C12H7F3N2/c1-8-2-3-9(4-10(6-16)7-17)5-11(8)12(13,14)15/h2-5H,1H3. The van der Waals surface area contributed by atoms with Crippen molar-refractivity contribution < 1.29 is 13.2 Å². The third-order valence-corrected chi connectivity index (χ3v) is 2.12. The number of aryl methyl sites for hydroxylation is 1. The molecule has 0 spiro atoms. The van der Waals surface area contributed by atoms with Crippen LogP contribution in [0.1, 0.15) is 16.7 Å². The Kier molecular flexibility index (Phi) is 3.55. The van der Waals surface area contributed by atoms with E-state index in [2.05, 4.69) is 0 Å². The van der Waals surface area contributed by atoms with Crippen molar-refractivity contribution in [3.05, 3.63) is 40.5 Å². The van der Waals surface area contributed by atoms with Gasteiger partial charge in [0.15, 0.2) is 0 Å². The molecular formula is C12H7F3N2. The van der Waals surface area contributed by atoms with Gasteiger partial charge in [-0.1, -0.05) is 12.1 Å². The van der Waals surface area contributed by atoms with Gasteiger partial charge in [0.05, 0.1) is 5.56 Å². The fourth-order valence-electron chi connectivity index (χ4n) is 1.29. The van der Waals surface area contributed by atoms with Gasteiger partial charge in [-0.25, -0.2) is 0 Å². The van der Waals surface area contributed by atoms with Crippen LogP contribution in [0, 0.1) is 29.6 Å². The van der Waals surface area contributed by atoms with Gasteiger partial charge in [-0.3, -0.25) is 0 Å². The summed E-state index contributed by atoms with van der Waals surface area (Å²) in [5.41, 5.74) is -0.713. The second-order valence-electron chi connectivity index (χ2n) is 3.35. The van der Waals surface area contributed by atoms with E-state index >= 15 is 0 Å². The second-order valence-corrected chi connectivity index (χ2v) is 3.35. The molecule has 1 aromatic rings. The van der Waals surface area contributed by atoms with Crippen LogP contribution in [0.15, 0.2) is 23.8 Å². The molecule has 0 saturated heterocycles. The van der Waals surface area contributed by atoms with Crippen LogP contribution in [0.3, 0.4) is 0 Å². The SMILES string of the molecule is Cc1ccc(C=C(C#N)C#N)cc1C(F)(F)F. The summed E-state index contributed by atoms with van der Waals surface area (Å²) in [6.07, 6.45) is -3.32. The molecule has 0 fully saturated rings. The molecule has 0 unspecified atom stereocenters. The van der Waals surface area contributed by atoms with Gasteiger partial charge in [0.25, 0.3) is 0 Å². The molecule has 0 heterocycles. The molecule has 0 N–H and O–H groups in total. The van der Waals surface area contributed by atoms with Crippen LogP contribution < -0.4 is 0 Å². The van der Waals surface area contributed by atoms with E-state index < -0.39 is 11.7 Å². The molecule has 0 aliphatic heterocycles. The normalized spacial score (nSPS) is 10.2. The first-order chi connectivity index (χ1) is 7.88. The molecule has 1 rings (SSSR count). The first-order valence-electron chi connectivity index (χ1n) is 4.58. The fourth-order valence-corrected chi connectivity index (χ4v) is 1.29. The van der Waals surface area contributed by atoms with E-state index in [0.717, 1.165) is 12.1 Å². The van der Waals surface area contributed by atoms with Crippen LogP contribution in [0.4, 0.5) is 13.2 Å². The van der Waals surface area contributed by atoms with Crippen molar-refractivity contribution in [2.75, 3.05) is 0 Å². The summed E-state index contributed by atoms with van der Waals surface area (Å²) in [4.78, 5) is 0. The zero-order valence-corrected chi connectivity index (χ0v) is 8.84. The number of alkyl halides is 3. The van der Waals surface area contributed by atoms with Gasteiger partial charge >= 0.3 is 6.18 Å². The van der Waals surface area contributed by atoms with Crippen LogP contribution in [0.25, 0.3) is 6.08 Å². The van der Waals surface area contributed by atoms with E-state index in [-0.39, 0.29) is 16.7 Å². The Morgan fingerprint density at radius 2 is 1.82 bits per heavy atom. The van der Waals surface area contributed by atoms with Gasteiger partial charge < -0.3 is 0 Å². The van der Waals surface area contributed by atoms with Crippen molar-refractivity contribution in [2.45, 2.75) is 13.1 Å². The number of nitriles is 2. The summed E-state index contributed by atoms with van der Waals surface area (Å²) in [5.74, 6) is 0. The Hall–Kier alpha value is -2.27. The Morgan fingerprint density at radius 1 is 1.24 bits per heavy atom. The molecule has 0 aliphatic rings. The molecule has 0 aliphatic carbocycles. The maximum atomic E-state index is 12.6. The summed E-state index contributed by atoms with van der Waals surface area (Å²) in [5, 5.41) is 17.0. The highest BCUT2D eigenvalue weighted by atomic mass is 19.4. The minimum atomic E-state index is -4.44. The van der Waals surface area contributed by atoms with Crippen LogP contribution >= 0.6 is 0 Å². The minimum Gasteiger partial charge on any atom is -0.192 e. The zero-order chi connectivity index (χ0) is 13.1. The molecule has 17 heavy (non-hydrogen) atoms. The third-order valence-electron chi connectivity index (χ3n) is 2.12. The first kappa shape index (κ1) is 12.8. The maximum absolute atomic E-state index is 12.6. The Labute approximate surface area is 96.2 Å². The second kappa shape index (κ2) is 4.71. The number of nitrogens with zero attached hydrogens (tertiary/aromatic N) is 2. The van der Waals surface area contributed by atoms with E-state index in [0.29, 0.717) is 0 Å². The fraction of sp³-hybridized carbons (Fsp3) is 0.167. The number of rotatable bonds is 1.